The first kappa shape index (κ1) is 15.1. The van der Waals surface area contributed by atoms with E-state index >= 15 is 0 Å². The minimum atomic E-state index is -1.46. The van der Waals surface area contributed by atoms with Crippen molar-refractivity contribution in [2.24, 2.45) is 0 Å². The van der Waals surface area contributed by atoms with Gasteiger partial charge in [-0.3, -0.25) is 9.00 Å². The Kier molecular flexibility index (Phi) is 6.29. The highest BCUT2D eigenvalue weighted by Crippen LogP contribution is 2.20. The van der Waals surface area contributed by atoms with Crippen LogP contribution >= 0.6 is 11.6 Å². The Morgan fingerprint density at radius 1 is 1.50 bits per heavy atom. The normalized spacial score (nSPS) is 12.2. The van der Waals surface area contributed by atoms with Crippen molar-refractivity contribution in [2.45, 2.75) is 19.1 Å². The average molecular weight is 292 g/mol. The molecule has 0 aliphatic rings. The van der Waals surface area contributed by atoms with Crippen molar-refractivity contribution in [3.63, 3.8) is 0 Å². The van der Waals surface area contributed by atoms with Crippen LogP contribution in [0.3, 0.4) is 0 Å². The van der Waals surface area contributed by atoms with Crippen molar-refractivity contribution in [3.8, 4) is 0 Å². The Morgan fingerprint density at radius 3 is 2.83 bits per heavy atom. The van der Waals surface area contributed by atoms with E-state index in [9.17, 15) is 13.4 Å². The summed E-state index contributed by atoms with van der Waals surface area (Å²) in [7, 11) is -1.46. The zero-order valence-corrected chi connectivity index (χ0v) is 11.6. The van der Waals surface area contributed by atoms with Crippen molar-refractivity contribution >= 4 is 28.3 Å². The molecule has 0 unspecified atom stereocenters. The molecule has 0 radical (unpaired) electrons. The average Bonchev–Trinajstić information content (AvgIpc) is 2.31. The molecule has 0 bridgehead atoms. The van der Waals surface area contributed by atoms with Crippen LogP contribution in [0.15, 0.2) is 18.2 Å². The molecule has 1 atom stereocenters. The van der Waals surface area contributed by atoms with E-state index in [-0.39, 0.29) is 28.0 Å². The molecule has 18 heavy (non-hydrogen) atoms. The number of amides is 1. The molecule has 0 spiro atoms. The molecule has 6 heteroatoms. The molecule has 1 aromatic rings. The van der Waals surface area contributed by atoms with E-state index in [1.807, 2.05) is 6.92 Å². The summed E-state index contributed by atoms with van der Waals surface area (Å²) in [5.41, 5.74) is 0.195. The maximum absolute atomic E-state index is 13.4. The molecule has 3 nitrogen and oxygen atoms in total. The lowest BCUT2D eigenvalue weighted by molar-refractivity contribution is -0.118. The molecule has 0 aromatic heterocycles. The van der Waals surface area contributed by atoms with Gasteiger partial charge in [0.1, 0.15) is 11.6 Å². The van der Waals surface area contributed by atoms with Crippen LogP contribution in [-0.4, -0.2) is 22.4 Å². The maximum atomic E-state index is 13.4. The summed E-state index contributed by atoms with van der Waals surface area (Å²) in [6, 6.07) is 4.28. The van der Waals surface area contributed by atoms with Gasteiger partial charge in [-0.25, -0.2) is 4.39 Å². The lowest BCUT2D eigenvalue weighted by Gasteiger charge is -2.06. The Labute approximate surface area is 113 Å². The molecule has 1 rings (SSSR count). The molecular formula is C12H15ClFNO2S. The molecule has 100 valence electrons. The lowest BCUT2D eigenvalue weighted by Crippen LogP contribution is -2.29. The third kappa shape index (κ3) is 4.74. The van der Waals surface area contributed by atoms with Crippen LogP contribution in [0.25, 0.3) is 0 Å². The summed E-state index contributed by atoms with van der Waals surface area (Å²) in [5, 5.41) is 2.85. The van der Waals surface area contributed by atoms with Crippen LogP contribution in [0.1, 0.15) is 18.9 Å². The van der Waals surface area contributed by atoms with Crippen molar-refractivity contribution in [1.29, 1.82) is 0 Å². The van der Waals surface area contributed by atoms with E-state index < -0.39 is 16.6 Å². The van der Waals surface area contributed by atoms with Gasteiger partial charge in [0.2, 0.25) is 5.91 Å². The second-order valence-electron chi connectivity index (χ2n) is 3.78. The molecule has 1 aromatic carbocycles. The molecule has 0 heterocycles. The first-order valence-electron chi connectivity index (χ1n) is 5.59. The van der Waals surface area contributed by atoms with Gasteiger partial charge in [-0.05, 0) is 18.6 Å². The van der Waals surface area contributed by atoms with Crippen molar-refractivity contribution in [3.05, 3.63) is 34.6 Å². The predicted octanol–water partition coefficient (Wildman–Crippen LogP) is 2.25. The summed E-state index contributed by atoms with van der Waals surface area (Å²) in [4.78, 5) is 11.3. The zero-order valence-electron chi connectivity index (χ0n) is 10.0. The fraction of sp³-hybridized carbons (Fsp3) is 0.417. The number of nitrogens with one attached hydrogen (secondary N) is 1. The Bertz CT molecular complexity index is 433. The Hall–Kier alpha value is -0.940. The third-order valence-electron chi connectivity index (χ3n) is 2.23. The monoisotopic (exact) mass is 291 g/mol. The maximum Gasteiger partial charge on any atom is 0.232 e. The smallest absolute Gasteiger partial charge is 0.232 e. The molecule has 1 amide bonds. The fourth-order valence-electron chi connectivity index (χ4n) is 1.34. The fourth-order valence-corrected chi connectivity index (χ4v) is 2.76. The van der Waals surface area contributed by atoms with Crippen LogP contribution in [0.5, 0.6) is 0 Å². The number of benzene rings is 1. The number of carbonyl (C=O) groups is 1. The molecule has 0 saturated carbocycles. The highest BCUT2D eigenvalue weighted by molar-refractivity contribution is 7.84. The van der Waals surface area contributed by atoms with E-state index in [0.29, 0.717) is 6.54 Å². The molecule has 0 fully saturated rings. The van der Waals surface area contributed by atoms with E-state index in [0.717, 1.165) is 6.42 Å². The van der Waals surface area contributed by atoms with Crippen LogP contribution in [0.2, 0.25) is 5.02 Å². The number of hydrogen-bond donors (Lipinski definition) is 1. The van der Waals surface area contributed by atoms with E-state index in [1.54, 1.807) is 0 Å². The van der Waals surface area contributed by atoms with Gasteiger partial charge in [-0.2, -0.15) is 0 Å². The highest BCUT2D eigenvalue weighted by Gasteiger charge is 2.13. The second kappa shape index (κ2) is 7.48. The Balaban J connectivity index is 2.57. The van der Waals surface area contributed by atoms with Gasteiger partial charge in [0, 0.05) is 27.9 Å². The van der Waals surface area contributed by atoms with Gasteiger partial charge >= 0.3 is 0 Å². The largest absolute Gasteiger partial charge is 0.355 e. The number of halogens is 2. The van der Waals surface area contributed by atoms with E-state index in [4.69, 9.17) is 11.6 Å². The van der Waals surface area contributed by atoms with Gasteiger partial charge in [0.25, 0.3) is 0 Å². The summed E-state index contributed by atoms with van der Waals surface area (Å²) in [6.07, 6.45) is 0.817. The van der Waals surface area contributed by atoms with Crippen molar-refractivity contribution < 1.29 is 13.4 Å². The Morgan fingerprint density at radius 2 is 2.22 bits per heavy atom. The predicted molar refractivity (Wildman–Crippen MR) is 71.4 cm³/mol. The van der Waals surface area contributed by atoms with Gasteiger partial charge in [0.15, 0.2) is 0 Å². The standard InChI is InChI=1S/C12H15ClFNO2S/c1-2-6-15-12(16)8-18(17)7-9-10(13)4-3-5-11(9)14/h3-5H,2,6-8H2,1H3,(H,15,16)/t18-/m0/s1. The first-order chi connectivity index (χ1) is 8.54. The second-order valence-corrected chi connectivity index (χ2v) is 5.64. The molecular weight excluding hydrogens is 277 g/mol. The van der Waals surface area contributed by atoms with Crippen molar-refractivity contribution in [1.82, 2.24) is 5.32 Å². The minimum Gasteiger partial charge on any atom is -0.355 e. The van der Waals surface area contributed by atoms with Gasteiger partial charge < -0.3 is 5.32 Å². The SMILES string of the molecule is CCCNC(=O)C[S@@](=O)Cc1c(F)cccc1Cl. The van der Waals surface area contributed by atoms with Gasteiger partial charge in [-0.15, -0.1) is 0 Å². The summed E-state index contributed by atoms with van der Waals surface area (Å²) >= 11 is 5.82. The summed E-state index contributed by atoms with van der Waals surface area (Å²) in [5.74, 6) is -0.970. The quantitative estimate of drug-likeness (QED) is 0.874. The van der Waals surface area contributed by atoms with E-state index in [2.05, 4.69) is 5.32 Å². The minimum absolute atomic E-state index is 0.0505. The zero-order chi connectivity index (χ0) is 13.5. The molecule has 0 aliphatic carbocycles. The van der Waals surface area contributed by atoms with Crippen LogP contribution in [-0.2, 0) is 21.3 Å². The lowest BCUT2D eigenvalue weighted by atomic mass is 10.2. The molecule has 0 aliphatic heterocycles. The van der Waals surface area contributed by atoms with Crippen LogP contribution in [0.4, 0.5) is 4.39 Å². The van der Waals surface area contributed by atoms with Gasteiger partial charge in [0.05, 0.1) is 5.75 Å². The molecule has 0 saturated heterocycles. The molecule has 1 N–H and O–H groups in total. The summed E-state index contributed by atoms with van der Waals surface area (Å²) < 4.78 is 25.1. The van der Waals surface area contributed by atoms with Crippen molar-refractivity contribution in [2.75, 3.05) is 12.3 Å². The summed E-state index contributed by atoms with van der Waals surface area (Å²) in [6.45, 7) is 2.48. The first-order valence-corrected chi connectivity index (χ1v) is 7.45. The van der Waals surface area contributed by atoms with Gasteiger partial charge in [-0.1, -0.05) is 24.6 Å². The third-order valence-corrected chi connectivity index (χ3v) is 3.78. The van der Waals surface area contributed by atoms with Crippen LogP contribution < -0.4 is 5.32 Å². The highest BCUT2D eigenvalue weighted by atomic mass is 35.5. The number of hydrogen-bond acceptors (Lipinski definition) is 2. The number of carbonyl (C=O) groups excluding carboxylic acids is 1. The van der Waals surface area contributed by atoms with E-state index in [1.165, 1.54) is 18.2 Å². The van der Waals surface area contributed by atoms with Crippen LogP contribution in [0, 0.1) is 5.82 Å². The topological polar surface area (TPSA) is 46.2 Å². The number of rotatable bonds is 6.